The topological polar surface area (TPSA) is 63.6 Å². The van der Waals surface area contributed by atoms with E-state index < -0.39 is 5.91 Å². The van der Waals surface area contributed by atoms with Crippen LogP contribution in [0.2, 0.25) is 0 Å². The van der Waals surface area contributed by atoms with Crippen LogP contribution < -0.4 is 10.1 Å². The highest BCUT2D eigenvalue weighted by molar-refractivity contribution is 6.03. The van der Waals surface area contributed by atoms with E-state index in [2.05, 4.69) is 5.32 Å². The lowest BCUT2D eigenvalue weighted by atomic mass is 10.1. The Bertz CT molecular complexity index is 468. The van der Waals surface area contributed by atoms with Crippen molar-refractivity contribution in [2.24, 2.45) is 0 Å². The van der Waals surface area contributed by atoms with Gasteiger partial charge in [0.1, 0.15) is 11.6 Å². The molecule has 1 aromatic carbocycles. The molecule has 5 nitrogen and oxygen atoms in total. The van der Waals surface area contributed by atoms with Gasteiger partial charge in [-0.05, 0) is 26.8 Å². The highest BCUT2D eigenvalue weighted by atomic mass is 16.7. The molecule has 0 atom stereocenters. The van der Waals surface area contributed by atoms with E-state index in [9.17, 15) is 0 Å². The normalized spacial score (nSPS) is 16.1. The van der Waals surface area contributed by atoms with E-state index in [-0.39, 0.29) is 5.84 Å². The third kappa shape index (κ3) is 2.31. The molecule has 1 heterocycles. The van der Waals surface area contributed by atoms with Crippen molar-refractivity contribution >= 4 is 5.84 Å². The molecule has 2 rings (SSSR count). The van der Waals surface area contributed by atoms with Gasteiger partial charge in [0.25, 0.3) is 5.91 Å². The molecule has 19 heavy (non-hydrogen) atoms. The standard InChI is InChI=1S/C14H20N2O3/c1-4-17-11-9-7-8-10-12(11)13(15)16-14(10,18-5-2)19-6-3/h7-9H,4-6H2,1-3H3,(H2,15,16). The lowest BCUT2D eigenvalue weighted by Gasteiger charge is -2.29. The van der Waals surface area contributed by atoms with Gasteiger partial charge in [-0.25, -0.2) is 0 Å². The van der Waals surface area contributed by atoms with Crippen LogP contribution in [0.25, 0.3) is 0 Å². The Balaban J connectivity index is 2.50. The molecule has 0 saturated carbocycles. The van der Waals surface area contributed by atoms with E-state index in [1.54, 1.807) is 0 Å². The van der Waals surface area contributed by atoms with Gasteiger partial charge in [0.2, 0.25) is 0 Å². The SMILES string of the molecule is CCOc1cccc2c1C(=N)NC2(OCC)OCC. The zero-order chi connectivity index (χ0) is 13.9. The lowest BCUT2D eigenvalue weighted by molar-refractivity contribution is -0.249. The number of fused-ring (bicyclic) bond motifs is 1. The van der Waals surface area contributed by atoms with Gasteiger partial charge in [0.05, 0.1) is 12.2 Å². The fourth-order valence-electron chi connectivity index (χ4n) is 2.31. The third-order valence-electron chi connectivity index (χ3n) is 2.92. The van der Waals surface area contributed by atoms with Gasteiger partial charge >= 0.3 is 0 Å². The van der Waals surface area contributed by atoms with Crippen molar-refractivity contribution in [2.45, 2.75) is 26.7 Å². The predicted octanol–water partition coefficient (Wildman–Crippen LogP) is 2.20. The maximum absolute atomic E-state index is 8.11. The summed E-state index contributed by atoms with van der Waals surface area (Å²) < 4.78 is 17.0. The first-order valence-electron chi connectivity index (χ1n) is 6.59. The minimum absolute atomic E-state index is 0.265. The van der Waals surface area contributed by atoms with E-state index in [4.69, 9.17) is 19.6 Å². The van der Waals surface area contributed by atoms with Crippen LogP contribution in [0.1, 0.15) is 31.9 Å². The molecule has 104 valence electrons. The Morgan fingerprint density at radius 2 is 1.79 bits per heavy atom. The van der Waals surface area contributed by atoms with Crippen molar-refractivity contribution in [3.63, 3.8) is 0 Å². The molecule has 0 aliphatic carbocycles. The van der Waals surface area contributed by atoms with Gasteiger partial charge < -0.3 is 19.5 Å². The molecule has 0 radical (unpaired) electrons. The number of rotatable bonds is 6. The van der Waals surface area contributed by atoms with Gasteiger partial charge in [-0.3, -0.25) is 5.41 Å². The number of nitrogens with one attached hydrogen (secondary N) is 2. The molecule has 0 fully saturated rings. The summed E-state index contributed by atoms with van der Waals surface area (Å²) in [7, 11) is 0. The molecule has 1 aliphatic rings. The summed E-state index contributed by atoms with van der Waals surface area (Å²) in [5, 5.41) is 11.1. The van der Waals surface area contributed by atoms with Crippen LogP contribution in [0.3, 0.4) is 0 Å². The zero-order valence-corrected chi connectivity index (χ0v) is 11.6. The van der Waals surface area contributed by atoms with Crippen molar-refractivity contribution in [3.05, 3.63) is 29.3 Å². The van der Waals surface area contributed by atoms with Crippen molar-refractivity contribution < 1.29 is 14.2 Å². The zero-order valence-electron chi connectivity index (χ0n) is 11.6. The smallest absolute Gasteiger partial charge is 0.279 e. The number of benzene rings is 1. The Morgan fingerprint density at radius 3 is 2.37 bits per heavy atom. The fourth-order valence-corrected chi connectivity index (χ4v) is 2.31. The minimum atomic E-state index is -1.07. The Labute approximate surface area is 113 Å². The van der Waals surface area contributed by atoms with E-state index in [1.807, 2.05) is 39.0 Å². The molecule has 0 unspecified atom stereocenters. The second-order valence-electron chi connectivity index (χ2n) is 4.09. The number of ether oxygens (including phenoxy) is 3. The number of hydrogen-bond donors (Lipinski definition) is 2. The molecule has 2 N–H and O–H groups in total. The van der Waals surface area contributed by atoms with Gasteiger partial charge in [-0.1, -0.05) is 12.1 Å². The summed E-state index contributed by atoms with van der Waals surface area (Å²) in [5.41, 5.74) is 1.51. The largest absolute Gasteiger partial charge is 0.493 e. The van der Waals surface area contributed by atoms with Crippen LogP contribution in [0, 0.1) is 5.41 Å². The van der Waals surface area contributed by atoms with Crippen LogP contribution in [0.4, 0.5) is 0 Å². The molecule has 0 saturated heterocycles. The van der Waals surface area contributed by atoms with Crippen molar-refractivity contribution in [1.82, 2.24) is 5.32 Å². The molecule has 5 heteroatoms. The van der Waals surface area contributed by atoms with Gasteiger partial charge in [0, 0.05) is 18.8 Å². The van der Waals surface area contributed by atoms with Crippen molar-refractivity contribution in [2.75, 3.05) is 19.8 Å². The monoisotopic (exact) mass is 264 g/mol. The summed E-state index contributed by atoms with van der Waals surface area (Å²) in [6.07, 6.45) is 0. The molecule has 1 aliphatic heterocycles. The first-order valence-corrected chi connectivity index (χ1v) is 6.59. The summed E-state index contributed by atoms with van der Waals surface area (Å²) in [5.74, 6) is -0.122. The Hall–Kier alpha value is -1.59. The van der Waals surface area contributed by atoms with Crippen LogP contribution in [0.15, 0.2) is 18.2 Å². The second kappa shape index (κ2) is 5.59. The molecular formula is C14H20N2O3. The lowest BCUT2D eigenvalue weighted by Crippen LogP contribution is -2.44. The average molecular weight is 264 g/mol. The van der Waals surface area contributed by atoms with Gasteiger partial charge in [0.15, 0.2) is 0 Å². The Morgan fingerprint density at radius 1 is 1.11 bits per heavy atom. The third-order valence-corrected chi connectivity index (χ3v) is 2.92. The first-order chi connectivity index (χ1) is 9.18. The molecule has 0 bridgehead atoms. The maximum Gasteiger partial charge on any atom is 0.279 e. The van der Waals surface area contributed by atoms with E-state index >= 15 is 0 Å². The summed E-state index contributed by atoms with van der Waals surface area (Å²) in [6, 6.07) is 5.64. The number of amidine groups is 1. The predicted molar refractivity (Wildman–Crippen MR) is 72.5 cm³/mol. The molecule has 0 spiro atoms. The highest BCUT2D eigenvalue weighted by Crippen LogP contribution is 2.38. The molecular weight excluding hydrogens is 244 g/mol. The molecule has 1 aromatic rings. The quantitative estimate of drug-likeness (QED) is 0.773. The highest BCUT2D eigenvalue weighted by Gasteiger charge is 2.45. The minimum Gasteiger partial charge on any atom is -0.493 e. The van der Waals surface area contributed by atoms with Crippen molar-refractivity contribution in [1.29, 1.82) is 5.41 Å². The van der Waals surface area contributed by atoms with E-state index in [0.29, 0.717) is 31.1 Å². The average Bonchev–Trinajstić information content (AvgIpc) is 2.65. The number of hydrogen-bond acceptors (Lipinski definition) is 4. The van der Waals surface area contributed by atoms with Crippen molar-refractivity contribution in [3.8, 4) is 5.75 Å². The summed E-state index contributed by atoms with van der Waals surface area (Å²) in [4.78, 5) is 0. The first kappa shape index (κ1) is 13.8. The van der Waals surface area contributed by atoms with Gasteiger partial charge in [-0.2, -0.15) is 0 Å². The van der Waals surface area contributed by atoms with Crippen LogP contribution in [0.5, 0.6) is 5.75 Å². The fraction of sp³-hybridized carbons (Fsp3) is 0.500. The Kier molecular flexibility index (Phi) is 4.07. The molecule has 0 amide bonds. The van der Waals surface area contributed by atoms with Crippen LogP contribution in [-0.4, -0.2) is 25.7 Å². The summed E-state index contributed by atoms with van der Waals surface area (Å²) >= 11 is 0. The second-order valence-corrected chi connectivity index (χ2v) is 4.09. The molecule has 0 aromatic heterocycles. The van der Waals surface area contributed by atoms with E-state index in [0.717, 1.165) is 5.56 Å². The van der Waals surface area contributed by atoms with Crippen LogP contribution in [-0.2, 0) is 15.4 Å². The van der Waals surface area contributed by atoms with E-state index in [1.165, 1.54) is 0 Å². The van der Waals surface area contributed by atoms with Crippen LogP contribution >= 0.6 is 0 Å². The van der Waals surface area contributed by atoms with Gasteiger partial charge in [-0.15, -0.1) is 0 Å². The maximum atomic E-state index is 8.11. The summed E-state index contributed by atoms with van der Waals surface area (Å²) in [6.45, 7) is 7.24.